The number of nitrogens with zero attached hydrogens (tertiary/aromatic N) is 1. The van der Waals surface area contributed by atoms with Gasteiger partial charge in [-0.1, -0.05) is 0 Å². The van der Waals surface area contributed by atoms with Crippen molar-refractivity contribution in [3.05, 3.63) is 22.6 Å². The highest BCUT2D eigenvalue weighted by Crippen LogP contribution is 2.16. The number of rotatable bonds is 1. The van der Waals surface area contributed by atoms with Crippen molar-refractivity contribution in [2.24, 2.45) is 0 Å². The van der Waals surface area contributed by atoms with Crippen molar-refractivity contribution in [2.75, 3.05) is 7.11 Å². The summed E-state index contributed by atoms with van der Waals surface area (Å²) >= 11 is 2.97. The molecule has 0 N–H and O–H groups in total. The van der Waals surface area contributed by atoms with Crippen LogP contribution in [0.15, 0.2) is 16.6 Å². The molecular weight excluding hydrogens is 201 g/mol. The number of halogens is 2. The van der Waals surface area contributed by atoms with Crippen molar-refractivity contribution < 1.29 is 9.13 Å². The molecule has 1 aromatic heterocycles. The fourth-order valence-electron chi connectivity index (χ4n) is 0.514. The van der Waals surface area contributed by atoms with Crippen molar-refractivity contribution >= 4 is 15.9 Å². The van der Waals surface area contributed by atoms with Crippen LogP contribution in [0.3, 0.4) is 0 Å². The first kappa shape index (κ1) is 7.47. The van der Waals surface area contributed by atoms with Crippen molar-refractivity contribution in [2.45, 2.75) is 0 Å². The van der Waals surface area contributed by atoms with E-state index in [1.807, 2.05) is 0 Å². The second-order valence-corrected chi connectivity index (χ2v) is 2.48. The van der Waals surface area contributed by atoms with Crippen LogP contribution >= 0.6 is 15.9 Å². The quantitative estimate of drug-likeness (QED) is 0.655. The lowest BCUT2D eigenvalue weighted by Gasteiger charge is -1.97. The summed E-state index contributed by atoms with van der Waals surface area (Å²) in [6, 6.07) is 3.12. The minimum absolute atomic E-state index is 0.278. The van der Waals surface area contributed by atoms with Gasteiger partial charge >= 0.3 is 0 Å². The summed E-state index contributed by atoms with van der Waals surface area (Å²) in [7, 11) is 1.44. The third-order valence-corrected chi connectivity index (χ3v) is 1.58. The highest BCUT2D eigenvalue weighted by Gasteiger charge is 2.00. The van der Waals surface area contributed by atoms with Gasteiger partial charge in [0.1, 0.15) is 0 Å². The summed E-state index contributed by atoms with van der Waals surface area (Å²) in [4.78, 5) is 3.46. The van der Waals surface area contributed by atoms with Crippen LogP contribution in [0.2, 0.25) is 0 Å². The Morgan fingerprint density at radius 3 is 2.80 bits per heavy atom. The Balaban J connectivity index is 3.04. The average Bonchev–Trinajstić information content (AvgIpc) is 1.95. The van der Waals surface area contributed by atoms with E-state index in [4.69, 9.17) is 0 Å². The molecule has 1 rings (SSSR count). The summed E-state index contributed by atoms with van der Waals surface area (Å²) in [5, 5.41) is 0. The summed E-state index contributed by atoms with van der Waals surface area (Å²) in [6.45, 7) is 0. The fraction of sp³-hybridized carbons (Fsp3) is 0.167. The molecule has 10 heavy (non-hydrogen) atoms. The van der Waals surface area contributed by atoms with E-state index in [1.165, 1.54) is 7.11 Å². The Labute approximate surface area is 66.2 Å². The van der Waals surface area contributed by atoms with Crippen LogP contribution in [-0.4, -0.2) is 12.1 Å². The van der Waals surface area contributed by atoms with Crippen LogP contribution in [0.1, 0.15) is 0 Å². The SMILES string of the molecule is COc1ccc(Br)c(F)n1. The molecule has 1 aromatic rings. The Morgan fingerprint density at radius 1 is 1.60 bits per heavy atom. The van der Waals surface area contributed by atoms with Gasteiger partial charge < -0.3 is 4.74 Å². The molecule has 0 unspecified atom stereocenters. The zero-order valence-electron chi connectivity index (χ0n) is 5.27. The van der Waals surface area contributed by atoms with E-state index in [-0.39, 0.29) is 5.88 Å². The molecular formula is C6H5BrFNO. The van der Waals surface area contributed by atoms with Gasteiger partial charge in [0.2, 0.25) is 11.8 Å². The van der Waals surface area contributed by atoms with Crippen LogP contribution in [0, 0.1) is 5.95 Å². The zero-order chi connectivity index (χ0) is 7.56. The molecule has 0 atom stereocenters. The van der Waals surface area contributed by atoms with Crippen molar-refractivity contribution in [1.82, 2.24) is 4.98 Å². The minimum atomic E-state index is -0.556. The van der Waals surface area contributed by atoms with Crippen LogP contribution in [-0.2, 0) is 0 Å². The number of hydrogen-bond acceptors (Lipinski definition) is 2. The van der Waals surface area contributed by atoms with Gasteiger partial charge in [-0.2, -0.15) is 9.37 Å². The maximum absolute atomic E-state index is 12.5. The molecule has 0 spiro atoms. The van der Waals surface area contributed by atoms with Crippen LogP contribution in [0.4, 0.5) is 4.39 Å². The lowest BCUT2D eigenvalue weighted by atomic mass is 10.5. The largest absolute Gasteiger partial charge is 0.481 e. The van der Waals surface area contributed by atoms with E-state index >= 15 is 0 Å². The molecule has 0 amide bonds. The van der Waals surface area contributed by atoms with Crippen LogP contribution in [0.25, 0.3) is 0 Å². The summed E-state index contributed by atoms with van der Waals surface area (Å²) in [6.07, 6.45) is 0. The van der Waals surface area contributed by atoms with E-state index in [1.54, 1.807) is 12.1 Å². The average molecular weight is 206 g/mol. The Bertz CT molecular complexity index is 241. The predicted octanol–water partition coefficient (Wildman–Crippen LogP) is 1.99. The Kier molecular flexibility index (Phi) is 2.21. The molecule has 0 saturated carbocycles. The first-order valence-electron chi connectivity index (χ1n) is 2.60. The van der Waals surface area contributed by atoms with Gasteiger partial charge in [-0.15, -0.1) is 0 Å². The standard InChI is InChI=1S/C6H5BrFNO/c1-10-5-3-2-4(7)6(8)9-5/h2-3H,1H3. The molecule has 0 bridgehead atoms. The molecule has 1 heterocycles. The molecule has 0 saturated heterocycles. The second-order valence-electron chi connectivity index (χ2n) is 1.63. The van der Waals surface area contributed by atoms with E-state index in [0.29, 0.717) is 4.47 Å². The van der Waals surface area contributed by atoms with Crippen molar-refractivity contribution in [3.8, 4) is 5.88 Å². The van der Waals surface area contributed by atoms with E-state index < -0.39 is 5.95 Å². The summed E-state index contributed by atoms with van der Waals surface area (Å²) < 4.78 is 17.5. The molecule has 0 aliphatic rings. The predicted molar refractivity (Wildman–Crippen MR) is 38.4 cm³/mol. The highest BCUT2D eigenvalue weighted by atomic mass is 79.9. The molecule has 0 radical (unpaired) electrons. The normalized spacial score (nSPS) is 9.50. The molecule has 0 aromatic carbocycles. The third-order valence-electron chi connectivity index (χ3n) is 0.987. The van der Waals surface area contributed by atoms with Gasteiger partial charge in [-0.05, 0) is 22.0 Å². The first-order chi connectivity index (χ1) is 4.74. The fourth-order valence-corrected chi connectivity index (χ4v) is 0.735. The highest BCUT2D eigenvalue weighted by molar-refractivity contribution is 9.10. The first-order valence-corrected chi connectivity index (χ1v) is 3.39. The van der Waals surface area contributed by atoms with Crippen molar-refractivity contribution in [3.63, 3.8) is 0 Å². The number of pyridine rings is 1. The maximum Gasteiger partial charge on any atom is 0.230 e. The monoisotopic (exact) mass is 205 g/mol. The van der Waals surface area contributed by atoms with Gasteiger partial charge in [0.15, 0.2) is 0 Å². The maximum atomic E-state index is 12.5. The van der Waals surface area contributed by atoms with Gasteiger partial charge in [0.05, 0.1) is 11.6 Å². The number of hydrogen-bond donors (Lipinski definition) is 0. The summed E-state index contributed by atoms with van der Waals surface area (Å²) in [5.74, 6) is -0.278. The van der Waals surface area contributed by atoms with E-state index in [0.717, 1.165) is 0 Å². The third kappa shape index (κ3) is 1.44. The zero-order valence-corrected chi connectivity index (χ0v) is 6.85. The lowest BCUT2D eigenvalue weighted by Crippen LogP contribution is -1.90. The van der Waals surface area contributed by atoms with Gasteiger partial charge in [0.25, 0.3) is 0 Å². The van der Waals surface area contributed by atoms with Crippen LogP contribution in [0.5, 0.6) is 5.88 Å². The second kappa shape index (κ2) is 2.96. The molecule has 2 nitrogen and oxygen atoms in total. The lowest BCUT2D eigenvalue weighted by molar-refractivity contribution is 0.386. The van der Waals surface area contributed by atoms with Gasteiger partial charge in [-0.25, -0.2) is 0 Å². The van der Waals surface area contributed by atoms with Crippen LogP contribution < -0.4 is 4.74 Å². The Morgan fingerprint density at radius 2 is 2.30 bits per heavy atom. The number of ether oxygens (including phenoxy) is 1. The molecule has 4 heteroatoms. The van der Waals surface area contributed by atoms with Gasteiger partial charge in [0, 0.05) is 6.07 Å². The van der Waals surface area contributed by atoms with E-state index in [2.05, 4.69) is 25.7 Å². The van der Waals surface area contributed by atoms with E-state index in [9.17, 15) is 4.39 Å². The minimum Gasteiger partial charge on any atom is -0.481 e. The number of methoxy groups -OCH3 is 1. The van der Waals surface area contributed by atoms with Crippen molar-refractivity contribution in [1.29, 1.82) is 0 Å². The molecule has 54 valence electrons. The Hall–Kier alpha value is -0.640. The van der Waals surface area contributed by atoms with Gasteiger partial charge in [-0.3, -0.25) is 0 Å². The molecule has 0 aliphatic heterocycles. The molecule has 0 aliphatic carbocycles. The molecule has 0 fully saturated rings. The smallest absolute Gasteiger partial charge is 0.230 e. The topological polar surface area (TPSA) is 22.1 Å². The summed E-state index contributed by atoms with van der Waals surface area (Å²) in [5.41, 5.74) is 0. The number of aromatic nitrogens is 1.